The second-order valence-corrected chi connectivity index (χ2v) is 3.52. The van der Waals surface area contributed by atoms with Gasteiger partial charge in [0.25, 0.3) is 5.91 Å². The third-order valence-corrected chi connectivity index (χ3v) is 2.94. The molecule has 1 fully saturated rings. The van der Waals surface area contributed by atoms with Crippen molar-refractivity contribution < 1.29 is 14.7 Å². The summed E-state index contributed by atoms with van der Waals surface area (Å²) in [5, 5.41) is 8.61. The fourth-order valence-electron chi connectivity index (χ4n) is 1.54. The molecule has 1 saturated heterocycles. The predicted molar refractivity (Wildman–Crippen MR) is 46.4 cm³/mol. The van der Waals surface area contributed by atoms with Crippen LogP contribution >= 0.6 is 0 Å². The highest BCUT2D eigenvalue weighted by atomic mass is 16.5. The number of morpholine rings is 1. The number of hydroxylamine groups is 1. The minimum Gasteiger partial charge on any atom is -0.375 e. The molecule has 0 bridgehead atoms. The van der Waals surface area contributed by atoms with E-state index in [4.69, 9.17) is 9.94 Å². The summed E-state index contributed by atoms with van der Waals surface area (Å²) in [5.41, 5.74) is 0.891. The largest absolute Gasteiger partial charge is 0.375 e. The van der Waals surface area contributed by atoms with E-state index in [0.717, 1.165) is 0 Å². The quantitative estimate of drug-likeness (QED) is 0.434. The van der Waals surface area contributed by atoms with Crippen LogP contribution in [0, 0.1) is 0 Å². The van der Waals surface area contributed by atoms with Crippen LogP contribution in [0.15, 0.2) is 0 Å². The zero-order valence-electron chi connectivity index (χ0n) is 8.20. The van der Waals surface area contributed by atoms with Crippen LogP contribution in [-0.2, 0) is 9.53 Å². The highest BCUT2D eigenvalue weighted by molar-refractivity contribution is 5.85. The van der Waals surface area contributed by atoms with Crippen molar-refractivity contribution in [3.8, 4) is 0 Å². The summed E-state index contributed by atoms with van der Waals surface area (Å²) in [6.45, 7) is 4.88. The predicted octanol–water partition coefficient (Wildman–Crippen LogP) is -0.399. The Hall–Kier alpha value is -0.650. The maximum Gasteiger partial charge on any atom is 0.266 e. The number of nitrogens with zero attached hydrogens (tertiary/aromatic N) is 1. The molecule has 1 rings (SSSR count). The molecule has 2 atom stereocenters. The van der Waals surface area contributed by atoms with Gasteiger partial charge in [-0.1, -0.05) is 0 Å². The maximum atomic E-state index is 11.4. The van der Waals surface area contributed by atoms with Gasteiger partial charge >= 0.3 is 0 Å². The van der Waals surface area contributed by atoms with Crippen LogP contribution in [0.5, 0.6) is 0 Å². The molecule has 1 heterocycles. The van der Waals surface area contributed by atoms with Crippen LogP contribution in [0.3, 0.4) is 0 Å². The molecule has 0 aromatic heterocycles. The van der Waals surface area contributed by atoms with E-state index in [9.17, 15) is 4.79 Å². The molecule has 1 aliphatic rings. The van der Waals surface area contributed by atoms with Gasteiger partial charge in [0, 0.05) is 6.54 Å². The van der Waals surface area contributed by atoms with E-state index in [1.54, 1.807) is 12.4 Å². The van der Waals surface area contributed by atoms with E-state index >= 15 is 0 Å². The number of carbonyl (C=O) groups excluding carboxylic acids is 1. The molecule has 0 aromatic rings. The lowest BCUT2D eigenvalue weighted by Gasteiger charge is -2.44. The molecule has 5 nitrogen and oxygen atoms in total. The first kappa shape index (κ1) is 10.4. The number of hydrogen-bond acceptors (Lipinski definition) is 4. The number of rotatable bonds is 1. The van der Waals surface area contributed by atoms with Gasteiger partial charge in [0.1, 0.15) is 5.54 Å². The zero-order chi connectivity index (χ0) is 10.1. The minimum absolute atomic E-state index is 0.224. The summed E-state index contributed by atoms with van der Waals surface area (Å²) < 4.78 is 5.37. The first-order valence-corrected chi connectivity index (χ1v) is 4.31. The van der Waals surface area contributed by atoms with Crippen molar-refractivity contribution in [3.05, 3.63) is 0 Å². The average Bonchev–Trinajstić information content (AvgIpc) is 2.12. The summed E-state index contributed by atoms with van der Waals surface area (Å²) in [6.07, 6.45) is -0.224. The van der Waals surface area contributed by atoms with Gasteiger partial charge in [-0.15, -0.1) is 0 Å². The molecule has 76 valence electrons. The van der Waals surface area contributed by atoms with Crippen LogP contribution < -0.4 is 5.48 Å². The standard InChI is InChI=1S/C8H16N2O3/c1-6-8(2,7(11)9-12)10(3)4-5-13-6/h6,12H,4-5H2,1-3H3,(H,9,11). The Labute approximate surface area is 77.6 Å². The SMILES string of the molecule is CC1OCCN(C)C1(C)C(=O)NO. The number of amides is 1. The Balaban J connectivity index is 2.87. The fraction of sp³-hybridized carbons (Fsp3) is 0.875. The van der Waals surface area contributed by atoms with Gasteiger partial charge < -0.3 is 4.74 Å². The highest BCUT2D eigenvalue weighted by Gasteiger charge is 2.45. The zero-order valence-corrected chi connectivity index (χ0v) is 8.20. The summed E-state index contributed by atoms with van der Waals surface area (Å²) in [6, 6.07) is 0. The number of ether oxygens (including phenoxy) is 1. The Kier molecular flexibility index (Phi) is 2.90. The lowest BCUT2D eigenvalue weighted by Crippen LogP contribution is -2.65. The van der Waals surface area contributed by atoms with Crippen molar-refractivity contribution in [2.45, 2.75) is 25.5 Å². The van der Waals surface area contributed by atoms with Crippen molar-refractivity contribution in [2.75, 3.05) is 20.2 Å². The van der Waals surface area contributed by atoms with Crippen molar-refractivity contribution in [1.82, 2.24) is 10.4 Å². The van der Waals surface area contributed by atoms with E-state index in [1.165, 1.54) is 0 Å². The van der Waals surface area contributed by atoms with Gasteiger partial charge in [-0.2, -0.15) is 0 Å². The fourth-order valence-corrected chi connectivity index (χ4v) is 1.54. The van der Waals surface area contributed by atoms with Crippen molar-refractivity contribution in [2.24, 2.45) is 0 Å². The molecule has 0 radical (unpaired) electrons. The smallest absolute Gasteiger partial charge is 0.266 e. The molecule has 2 N–H and O–H groups in total. The molecule has 0 spiro atoms. The average molecular weight is 188 g/mol. The number of hydrogen-bond donors (Lipinski definition) is 2. The Morgan fingerprint density at radius 1 is 1.77 bits per heavy atom. The van der Waals surface area contributed by atoms with Crippen LogP contribution in [0.25, 0.3) is 0 Å². The van der Waals surface area contributed by atoms with Crippen LogP contribution in [0.1, 0.15) is 13.8 Å². The Morgan fingerprint density at radius 3 is 2.85 bits per heavy atom. The highest BCUT2D eigenvalue weighted by Crippen LogP contribution is 2.24. The molecular formula is C8H16N2O3. The molecule has 0 aromatic carbocycles. The van der Waals surface area contributed by atoms with Crippen molar-refractivity contribution in [3.63, 3.8) is 0 Å². The summed E-state index contributed by atoms with van der Waals surface area (Å²) >= 11 is 0. The Bertz CT molecular complexity index is 198. The van der Waals surface area contributed by atoms with Gasteiger partial charge in [0.15, 0.2) is 0 Å². The Morgan fingerprint density at radius 2 is 2.38 bits per heavy atom. The van der Waals surface area contributed by atoms with Gasteiger partial charge in [0.2, 0.25) is 0 Å². The van der Waals surface area contributed by atoms with Crippen molar-refractivity contribution >= 4 is 5.91 Å². The maximum absolute atomic E-state index is 11.4. The molecule has 1 aliphatic heterocycles. The molecule has 5 heteroatoms. The van der Waals surface area contributed by atoms with Gasteiger partial charge in [-0.25, -0.2) is 5.48 Å². The minimum atomic E-state index is -0.785. The second-order valence-electron chi connectivity index (χ2n) is 3.52. The third-order valence-electron chi connectivity index (χ3n) is 2.94. The van der Waals surface area contributed by atoms with E-state index < -0.39 is 11.4 Å². The molecule has 1 amide bonds. The number of nitrogens with one attached hydrogen (secondary N) is 1. The normalized spacial score (nSPS) is 35.8. The first-order chi connectivity index (χ1) is 6.03. The molecule has 2 unspecified atom stereocenters. The summed E-state index contributed by atoms with van der Waals surface area (Å²) in [7, 11) is 1.84. The monoisotopic (exact) mass is 188 g/mol. The van der Waals surface area contributed by atoms with Crippen molar-refractivity contribution in [1.29, 1.82) is 0 Å². The van der Waals surface area contributed by atoms with E-state index in [0.29, 0.717) is 13.2 Å². The van der Waals surface area contributed by atoms with Gasteiger partial charge in [-0.05, 0) is 20.9 Å². The van der Waals surface area contributed by atoms with E-state index in [-0.39, 0.29) is 6.10 Å². The summed E-state index contributed by atoms with van der Waals surface area (Å²) in [4.78, 5) is 13.3. The van der Waals surface area contributed by atoms with Gasteiger partial charge in [-0.3, -0.25) is 14.9 Å². The molecule has 0 saturated carbocycles. The van der Waals surface area contributed by atoms with Crippen LogP contribution in [0.2, 0.25) is 0 Å². The molecular weight excluding hydrogens is 172 g/mol. The lowest BCUT2D eigenvalue weighted by molar-refractivity contribution is -0.161. The van der Waals surface area contributed by atoms with E-state index in [2.05, 4.69) is 0 Å². The molecule has 0 aliphatic carbocycles. The molecule has 13 heavy (non-hydrogen) atoms. The third kappa shape index (κ3) is 1.54. The summed E-state index contributed by atoms with van der Waals surface area (Å²) in [5.74, 6) is -0.429. The van der Waals surface area contributed by atoms with Crippen LogP contribution in [-0.4, -0.2) is 47.9 Å². The topological polar surface area (TPSA) is 61.8 Å². The number of carbonyl (C=O) groups is 1. The van der Waals surface area contributed by atoms with Gasteiger partial charge in [0.05, 0.1) is 12.7 Å². The second kappa shape index (κ2) is 3.61. The number of likely N-dealkylation sites (N-methyl/N-ethyl adjacent to an activating group) is 1. The first-order valence-electron chi connectivity index (χ1n) is 4.31. The van der Waals surface area contributed by atoms with E-state index in [1.807, 2.05) is 18.9 Å². The van der Waals surface area contributed by atoms with Crippen LogP contribution in [0.4, 0.5) is 0 Å². The lowest BCUT2D eigenvalue weighted by atomic mass is 9.91.